The van der Waals surface area contributed by atoms with Crippen molar-refractivity contribution in [3.8, 4) is 0 Å². The minimum absolute atomic E-state index is 1.10. The fraction of sp³-hybridized carbons (Fsp3) is 0.667. The molecule has 0 saturated heterocycles. The van der Waals surface area contributed by atoms with Gasteiger partial charge in [-0.25, -0.2) is 0 Å². The fourth-order valence-electron chi connectivity index (χ4n) is 1.18. The molecule has 0 amide bonds. The van der Waals surface area contributed by atoms with E-state index in [1.807, 2.05) is 26.0 Å². The summed E-state index contributed by atoms with van der Waals surface area (Å²) in [5.74, 6) is 1.13. The molecule has 0 aliphatic carbocycles. The molecular weight excluding hydrogens is 160 g/mol. The Kier molecular flexibility index (Phi) is 8.85. The Labute approximate surface area is 82.2 Å². The molecule has 0 spiro atoms. The van der Waals surface area contributed by atoms with Crippen molar-refractivity contribution >= 4 is 0 Å². The molecule has 0 aromatic carbocycles. The number of rotatable bonds is 5. The van der Waals surface area contributed by atoms with Crippen LogP contribution in [0.4, 0.5) is 0 Å². The molecule has 13 heavy (non-hydrogen) atoms. The van der Waals surface area contributed by atoms with Crippen LogP contribution in [0.1, 0.15) is 52.2 Å². The van der Waals surface area contributed by atoms with Gasteiger partial charge in [0.25, 0.3) is 0 Å². The summed E-state index contributed by atoms with van der Waals surface area (Å²) in [5.41, 5.74) is 0. The fourth-order valence-corrected chi connectivity index (χ4v) is 1.18. The minimum atomic E-state index is 1.10. The lowest BCUT2D eigenvalue weighted by atomic mass is 10.1. The summed E-state index contributed by atoms with van der Waals surface area (Å²) >= 11 is 0. The van der Waals surface area contributed by atoms with Gasteiger partial charge in [-0.2, -0.15) is 0 Å². The van der Waals surface area contributed by atoms with Crippen LogP contribution >= 0.6 is 0 Å². The molecule has 1 rings (SSSR count). The average molecular weight is 182 g/mol. The standard InChI is InChI=1S/C10H16O.C2H6/c1-2-3-4-5-7-10-8-6-9-11-10;1-2/h6,8-9H,2-5,7H2,1H3;1-2H3. The van der Waals surface area contributed by atoms with Crippen molar-refractivity contribution in [1.29, 1.82) is 0 Å². The molecule has 1 aromatic rings. The lowest BCUT2D eigenvalue weighted by molar-refractivity contribution is 0.494. The van der Waals surface area contributed by atoms with E-state index in [4.69, 9.17) is 4.42 Å². The van der Waals surface area contributed by atoms with Crippen LogP contribution in [0.2, 0.25) is 0 Å². The summed E-state index contributed by atoms with van der Waals surface area (Å²) in [5, 5.41) is 0. The Balaban J connectivity index is 0.000000671. The van der Waals surface area contributed by atoms with Crippen LogP contribution in [0.25, 0.3) is 0 Å². The average Bonchev–Trinajstić information content (AvgIpc) is 2.68. The van der Waals surface area contributed by atoms with E-state index in [0.29, 0.717) is 0 Å². The summed E-state index contributed by atoms with van der Waals surface area (Å²) in [6.07, 6.45) is 8.10. The maximum atomic E-state index is 5.21. The molecule has 1 aromatic heterocycles. The molecule has 1 heteroatoms. The van der Waals surface area contributed by atoms with Gasteiger partial charge in [-0.05, 0) is 18.6 Å². The van der Waals surface area contributed by atoms with E-state index in [-0.39, 0.29) is 0 Å². The first-order valence-electron chi connectivity index (χ1n) is 5.46. The highest BCUT2D eigenvalue weighted by molar-refractivity contribution is 4.97. The van der Waals surface area contributed by atoms with Gasteiger partial charge in [0, 0.05) is 6.42 Å². The predicted octanol–water partition coefficient (Wildman–Crippen LogP) is 4.43. The smallest absolute Gasteiger partial charge is 0.103 e. The maximum Gasteiger partial charge on any atom is 0.103 e. The van der Waals surface area contributed by atoms with Gasteiger partial charge in [0.05, 0.1) is 6.26 Å². The quantitative estimate of drug-likeness (QED) is 0.614. The molecular formula is C12H22O. The molecule has 0 N–H and O–H groups in total. The van der Waals surface area contributed by atoms with Gasteiger partial charge in [-0.1, -0.05) is 40.0 Å². The highest BCUT2D eigenvalue weighted by Crippen LogP contribution is 2.07. The second-order valence-corrected chi connectivity index (χ2v) is 2.89. The predicted molar refractivity (Wildman–Crippen MR) is 57.9 cm³/mol. The number of aryl methyl sites for hydroxylation is 1. The first kappa shape index (κ1) is 12.3. The molecule has 76 valence electrons. The van der Waals surface area contributed by atoms with Crippen molar-refractivity contribution in [2.75, 3.05) is 0 Å². The summed E-state index contributed by atoms with van der Waals surface area (Å²) in [7, 11) is 0. The van der Waals surface area contributed by atoms with E-state index in [9.17, 15) is 0 Å². The first-order valence-corrected chi connectivity index (χ1v) is 5.46. The normalized spacial score (nSPS) is 9.15. The van der Waals surface area contributed by atoms with E-state index >= 15 is 0 Å². The van der Waals surface area contributed by atoms with Crippen molar-refractivity contribution < 1.29 is 4.42 Å². The number of furan rings is 1. The first-order chi connectivity index (χ1) is 6.43. The number of hydrogen-bond acceptors (Lipinski definition) is 1. The van der Waals surface area contributed by atoms with Crippen LogP contribution in [-0.2, 0) is 6.42 Å². The third kappa shape index (κ3) is 6.44. The highest BCUT2D eigenvalue weighted by Gasteiger charge is 1.93. The van der Waals surface area contributed by atoms with Crippen molar-refractivity contribution in [2.24, 2.45) is 0 Å². The van der Waals surface area contributed by atoms with Gasteiger partial charge in [-0.15, -0.1) is 0 Å². The van der Waals surface area contributed by atoms with Crippen LogP contribution in [0.3, 0.4) is 0 Å². The topological polar surface area (TPSA) is 13.1 Å². The molecule has 0 bridgehead atoms. The van der Waals surface area contributed by atoms with E-state index in [1.165, 1.54) is 25.7 Å². The van der Waals surface area contributed by atoms with E-state index < -0.39 is 0 Å². The highest BCUT2D eigenvalue weighted by atomic mass is 16.3. The summed E-state index contributed by atoms with van der Waals surface area (Å²) in [6, 6.07) is 4.00. The van der Waals surface area contributed by atoms with Gasteiger partial charge in [0.2, 0.25) is 0 Å². The zero-order chi connectivity index (χ0) is 9.94. The molecule has 0 fully saturated rings. The van der Waals surface area contributed by atoms with Gasteiger partial charge in [-0.3, -0.25) is 0 Å². The third-order valence-electron chi connectivity index (χ3n) is 1.86. The zero-order valence-corrected chi connectivity index (χ0v) is 9.18. The van der Waals surface area contributed by atoms with Crippen LogP contribution in [0.5, 0.6) is 0 Å². The largest absolute Gasteiger partial charge is 0.469 e. The summed E-state index contributed by atoms with van der Waals surface area (Å²) in [4.78, 5) is 0. The number of unbranched alkanes of at least 4 members (excludes halogenated alkanes) is 3. The molecule has 1 nitrogen and oxygen atoms in total. The monoisotopic (exact) mass is 182 g/mol. The van der Waals surface area contributed by atoms with Crippen molar-refractivity contribution in [3.05, 3.63) is 24.2 Å². The minimum Gasteiger partial charge on any atom is -0.469 e. The Morgan fingerprint density at radius 2 is 1.92 bits per heavy atom. The zero-order valence-electron chi connectivity index (χ0n) is 9.18. The SMILES string of the molecule is CC.CCCCCCc1ccco1. The number of hydrogen-bond donors (Lipinski definition) is 0. The lowest BCUT2D eigenvalue weighted by Gasteiger charge is -1.95. The van der Waals surface area contributed by atoms with Crippen molar-refractivity contribution in [1.82, 2.24) is 0 Å². The molecule has 0 aliphatic rings. The lowest BCUT2D eigenvalue weighted by Crippen LogP contribution is -1.81. The molecule has 0 radical (unpaired) electrons. The van der Waals surface area contributed by atoms with E-state index in [1.54, 1.807) is 6.26 Å². The Morgan fingerprint density at radius 3 is 2.46 bits per heavy atom. The van der Waals surface area contributed by atoms with Gasteiger partial charge in [0.15, 0.2) is 0 Å². The van der Waals surface area contributed by atoms with Crippen LogP contribution < -0.4 is 0 Å². The Morgan fingerprint density at radius 1 is 1.15 bits per heavy atom. The van der Waals surface area contributed by atoms with Crippen molar-refractivity contribution in [3.63, 3.8) is 0 Å². The summed E-state index contributed by atoms with van der Waals surface area (Å²) in [6.45, 7) is 6.23. The Bertz CT molecular complexity index is 165. The van der Waals surface area contributed by atoms with Crippen LogP contribution in [-0.4, -0.2) is 0 Å². The van der Waals surface area contributed by atoms with E-state index in [0.717, 1.165) is 12.2 Å². The van der Waals surface area contributed by atoms with Crippen LogP contribution in [0.15, 0.2) is 22.8 Å². The maximum absolute atomic E-state index is 5.21. The summed E-state index contributed by atoms with van der Waals surface area (Å²) < 4.78 is 5.21. The van der Waals surface area contributed by atoms with Gasteiger partial charge >= 0.3 is 0 Å². The second-order valence-electron chi connectivity index (χ2n) is 2.89. The molecule has 1 heterocycles. The van der Waals surface area contributed by atoms with E-state index in [2.05, 4.69) is 6.92 Å². The molecule has 0 saturated carbocycles. The molecule has 0 unspecified atom stereocenters. The van der Waals surface area contributed by atoms with Gasteiger partial charge in [0.1, 0.15) is 5.76 Å². The van der Waals surface area contributed by atoms with Gasteiger partial charge < -0.3 is 4.42 Å². The molecule has 0 atom stereocenters. The third-order valence-corrected chi connectivity index (χ3v) is 1.86. The second kappa shape index (κ2) is 9.37. The van der Waals surface area contributed by atoms with Crippen LogP contribution in [0, 0.1) is 0 Å². The Hall–Kier alpha value is -0.720. The molecule has 0 aliphatic heterocycles. The van der Waals surface area contributed by atoms with Crippen molar-refractivity contribution in [2.45, 2.75) is 52.9 Å².